The normalized spacial score (nSPS) is 11.9. The lowest BCUT2D eigenvalue weighted by molar-refractivity contribution is -0.113. The average molecular weight is 571 g/mol. The number of aryl methyl sites for hydroxylation is 3. The molecule has 2 amide bonds. The fraction of sp³-hybridized carbons (Fsp3) is 0.333. The fourth-order valence-corrected chi connectivity index (χ4v) is 4.90. The predicted octanol–water partition coefficient (Wildman–Crippen LogP) is 6.01. The summed E-state index contributed by atoms with van der Waals surface area (Å²) in [5.74, 6) is 0.540. The second kappa shape index (κ2) is 12.4. The van der Waals surface area contributed by atoms with Gasteiger partial charge in [0, 0.05) is 16.6 Å². The first-order valence-corrected chi connectivity index (χ1v) is 13.5. The molecule has 0 fully saturated rings. The van der Waals surface area contributed by atoms with Crippen molar-refractivity contribution in [1.29, 1.82) is 0 Å². The highest BCUT2D eigenvalue weighted by Gasteiger charge is 2.26. The van der Waals surface area contributed by atoms with Crippen LogP contribution in [0.2, 0.25) is 0 Å². The Labute approximate surface area is 225 Å². The number of rotatable bonds is 10. The Morgan fingerprint density at radius 3 is 2.42 bits per heavy atom. The summed E-state index contributed by atoms with van der Waals surface area (Å²) in [4.78, 5) is 25.6. The smallest absolute Gasteiger partial charge is 0.251 e. The quantitative estimate of drug-likeness (QED) is 0.230. The van der Waals surface area contributed by atoms with Gasteiger partial charge in [-0.2, -0.15) is 0 Å². The molecule has 0 bridgehead atoms. The fourth-order valence-electron chi connectivity index (χ4n) is 3.59. The molecule has 3 rings (SSSR count). The number of anilines is 1. The van der Waals surface area contributed by atoms with Crippen LogP contribution in [0.1, 0.15) is 52.8 Å². The molecule has 9 heteroatoms. The van der Waals surface area contributed by atoms with Crippen LogP contribution >= 0.6 is 27.7 Å². The number of amides is 2. The molecule has 190 valence electrons. The number of carbonyl (C=O) groups excluding carboxylic acids is 2. The van der Waals surface area contributed by atoms with E-state index in [1.165, 1.54) is 11.8 Å². The molecule has 3 aromatic rings. The monoisotopic (exact) mass is 569 g/mol. The molecule has 0 radical (unpaired) electrons. The number of halogens is 1. The number of nitrogens with one attached hydrogen (secondary N) is 2. The minimum Gasteiger partial charge on any atom is -0.342 e. The second-order valence-corrected chi connectivity index (χ2v) is 10.9. The summed E-state index contributed by atoms with van der Waals surface area (Å²) in [6.07, 6.45) is 1.75. The molecule has 0 unspecified atom stereocenters. The lowest BCUT2D eigenvalue weighted by Gasteiger charge is -2.22. The standard InChI is InChI=1S/C27H32BrN5O2S/c1-7-12-33-25(24(16(2)3)30-26(35)20-10-8-17(4)9-11-20)31-32-27(33)36-15-23(34)29-22-14-19(6)18(5)13-21(22)28/h7-11,13-14,16,24H,1,12,15H2,2-6H3,(H,29,34)(H,30,35)/t24-/m0/s1. The van der Waals surface area contributed by atoms with Gasteiger partial charge in [-0.3, -0.25) is 9.59 Å². The molecule has 0 aliphatic rings. The SMILES string of the molecule is C=CCn1c(SCC(=O)Nc2cc(C)c(C)cc2Br)nnc1[C@@H](NC(=O)c1ccc(C)cc1)C(C)C. The van der Waals surface area contributed by atoms with Crippen molar-refractivity contribution in [2.75, 3.05) is 11.1 Å². The topological polar surface area (TPSA) is 88.9 Å². The maximum absolute atomic E-state index is 12.9. The summed E-state index contributed by atoms with van der Waals surface area (Å²) in [7, 11) is 0. The van der Waals surface area contributed by atoms with Gasteiger partial charge in [0.25, 0.3) is 5.91 Å². The Morgan fingerprint density at radius 1 is 1.11 bits per heavy atom. The lowest BCUT2D eigenvalue weighted by Crippen LogP contribution is -2.33. The number of hydrogen-bond donors (Lipinski definition) is 2. The lowest BCUT2D eigenvalue weighted by atomic mass is 10.0. The van der Waals surface area contributed by atoms with Gasteiger partial charge in [-0.25, -0.2) is 0 Å². The minimum absolute atomic E-state index is 0.0652. The van der Waals surface area contributed by atoms with Gasteiger partial charge in [-0.05, 0) is 78.0 Å². The molecule has 0 aliphatic heterocycles. The van der Waals surface area contributed by atoms with Gasteiger partial charge in [0.2, 0.25) is 5.91 Å². The Bertz CT molecular complexity index is 1250. The van der Waals surface area contributed by atoms with E-state index < -0.39 is 0 Å². The highest BCUT2D eigenvalue weighted by molar-refractivity contribution is 9.10. The number of carbonyl (C=O) groups is 2. The molecule has 2 aromatic carbocycles. The van der Waals surface area contributed by atoms with Crippen LogP contribution < -0.4 is 10.6 Å². The zero-order chi connectivity index (χ0) is 26.4. The van der Waals surface area contributed by atoms with E-state index in [2.05, 4.69) is 43.3 Å². The first-order valence-electron chi connectivity index (χ1n) is 11.7. The van der Waals surface area contributed by atoms with Crippen molar-refractivity contribution in [3.05, 3.63) is 81.6 Å². The van der Waals surface area contributed by atoms with E-state index in [0.29, 0.717) is 23.1 Å². The number of aromatic nitrogens is 3. The van der Waals surface area contributed by atoms with Gasteiger partial charge in [0.15, 0.2) is 11.0 Å². The molecule has 7 nitrogen and oxygen atoms in total. The maximum atomic E-state index is 12.9. The Kier molecular flexibility index (Phi) is 9.50. The van der Waals surface area contributed by atoms with Gasteiger partial charge in [-0.15, -0.1) is 16.8 Å². The predicted molar refractivity (Wildman–Crippen MR) is 149 cm³/mol. The van der Waals surface area contributed by atoms with Crippen molar-refractivity contribution in [2.45, 2.75) is 52.4 Å². The van der Waals surface area contributed by atoms with Crippen molar-refractivity contribution in [1.82, 2.24) is 20.1 Å². The van der Waals surface area contributed by atoms with Gasteiger partial charge < -0.3 is 15.2 Å². The van der Waals surface area contributed by atoms with Gasteiger partial charge in [0.1, 0.15) is 0 Å². The number of benzene rings is 2. The van der Waals surface area contributed by atoms with Crippen LogP contribution in [0.15, 0.2) is 58.7 Å². The van der Waals surface area contributed by atoms with Crippen LogP contribution in [-0.2, 0) is 11.3 Å². The average Bonchev–Trinajstić information content (AvgIpc) is 3.22. The van der Waals surface area contributed by atoms with Crippen molar-refractivity contribution >= 4 is 45.2 Å². The van der Waals surface area contributed by atoms with Crippen molar-refractivity contribution in [2.24, 2.45) is 5.92 Å². The van der Waals surface area contributed by atoms with Crippen LogP contribution in [0.4, 0.5) is 5.69 Å². The van der Waals surface area contributed by atoms with E-state index in [0.717, 1.165) is 26.9 Å². The summed E-state index contributed by atoms with van der Waals surface area (Å²) in [6, 6.07) is 11.0. The van der Waals surface area contributed by atoms with E-state index >= 15 is 0 Å². The number of allylic oxidation sites excluding steroid dienone is 1. The molecule has 1 heterocycles. The molecule has 2 N–H and O–H groups in total. The maximum Gasteiger partial charge on any atom is 0.251 e. The summed E-state index contributed by atoms with van der Waals surface area (Å²) in [6.45, 7) is 14.4. The molecule has 0 spiro atoms. The third kappa shape index (κ3) is 6.85. The Hall–Kier alpha value is -2.91. The van der Waals surface area contributed by atoms with E-state index in [4.69, 9.17) is 0 Å². The highest BCUT2D eigenvalue weighted by atomic mass is 79.9. The minimum atomic E-state index is -0.360. The van der Waals surface area contributed by atoms with E-state index in [-0.39, 0.29) is 29.5 Å². The van der Waals surface area contributed by atoms with E-state index in [9.17, 15) is 9.59 Å². The third-order valence-electron chi connectivity index (χ3n) is 5.79. The van der Waals surface area contributed by atoms with Crippen LogP contribution in [0.3, 0.4) is 0 Å². The second-order valence-electron chi connectivity index (χ2n) is 9.05. The molecular weight excluding hydrogens is 538 g/mol. The van der Waals surface area contributed by atoms with Crippen molar-refractivity contribution in [3.63, 3.8) is 0 Å². The van der Waals surface area contributed by atoms with Gasteiger partial charge in [0.05, 0.1) is 17.5 Å². The Morgan fingerprint density at radius 2 is 1.78 bits per heavy atom. The number of hydrogen-bond acceptors (Lipinski definition) is 5. The van der Waals surface area contributed by atoms with Gasteiger partial charge in [-0.1, -0.05) is 49.4 Å². The summed E-state index contributed by atoms with van der Waals surface area (Å²) >= 11 is 4.81. The molecule has 0 saturated heterocycles. The number of nitrogens with zero attached hydrogens (tertiary/aromatic N) is 3. The van der Waals surface area contributed by atoms with Crippen molar-refractivity contribution in [3.8, 4) is 0 Å². The highest BCUT2D eigenvalue weighted by Crippen LogP contribution is 2.28. The first kappa shape index (κ1) is 27.7. The van der Waals surface area contributed by atoms with Crippen molar-refractivity contribution < 1.29 is 9.59 Å². The largest absolute Gasteiger partial charge is 0.342 e. The molecule has 0 saturated carbocycles. The van der Waals surface area contributed by atoms with Crippen LogP contribution in [0.5, 0.6) is 0 Å². The molecule has 1 atom stereocenters. The zero-order valence-corrected chi connectivity index (χ0v) is 23.7. The number of thioether (sulfide) groups is 1. The van der Waals surface area contributed by atoms with Crippen LogP contribution in [0.25, 0.3) is 0 Å². The third-order valence-corrected chi connectivity index (χ3v) is 7.42. The molecule has 36 heavy (non-hydrogen) atoms. The molecule has 1 aromatic heterocycles. The summed E-state index contributed by atoms with van der Waals surface area (Å²) in [5, 5.41) is 15.4. The first-order chi connectivity index (χ1) is 17.1. The van der Waals surface area contributed by atoms with Crippen LogP contribution in [0, 0.1) is 26.7 Å². The van der Waals surface area contributed by atoms with E-state index in [1.54, 1.807) is 6.08 Å². The van der Waals surface area contributed by atoms with Crippen LogP contribution in [-0.4, -0.2) is 32.3 Å². The molecular formula is C27H32BrN5O2S. The summed E-state index contributed by atoms with van der Waals surface area (Å²) in [5.41, 5.74) is 4.66. The van der Waals surface area contributed by atoms with E-state index in [1.807, 2.05) is 75.6 Å². The van der Waals surface area contributed by atoms with Gasteiger partial charge >= 0.3 is 0 Å². The summed E-state index contributed by atoms with van der Waals surface area (Å²) < 4.78 is 2.74. The zero-order valence-electron chi connectivity index (χ0n) is 21.3. The Balaban J connectivity index is 1.75. The molecule has 0 aliphatic carbocycles.